The predicted molar refractivity (Wildman–Crippen MR) is 125 cm³/mol. The fourth-order valence-electron chi connectivity index (χ4n) is 4.33. The van der Waals surface area contributed by atoms with Crippen molar-refractivity contribution in [3.8, 4) is 28.6 Å². The Kier molecular flexibility index (Phi) is 4.74. The van der Waals surface area contributed by atoms with Crippen LogP contribution in [0.25, 0.3) is 28.6 Å². The lowest BCUT2D eigenvalue weighted by atomic mass is 10.1. The number of aromatic nitrogens is 8. The Morgan fingerprint density at radius 2 is 2.03 bits per heavy atom. The average molecular weight is 487 g/mol. The van der Waals surface area contributed by atoms with Crippen molar-refractivity contribution in [1.82, 2.24) is 39.4 Å². The van der Waals surface area contributed by atoms with E-state index in [0.29, 0.717) is 53.2 Å². The van der Waals surface area contributed by atoms with Crippen LogP contribution in [0, 0.1) is 0 Å². The zero-order valence-corrected chi connectivity index (χ0v) is 19.3. The van der Waals surface area contributed by atoms with Gasteiger partial charge in [-0.1, -0.05) is 22.8 Å². The Morgan fingerprint density at radius 3 is 2.89 bits per heavy atom. The van der Waals surface area contributed by atoms with Gasteiger partial charge in [0.15, 0.2) is 11.6 Å². The quantitative estimate of drug-likeness (QED) is 0.345. The average Bonchev–Trinajstić information content (AvgIpc) is 3.31. The van der Waals surface area contributed by atoms with Crippen LogP contribution in [-0.4, -0.2) is 39.4 Å². The van der Waals surface area contributed by atoms with Crippen LogP contribution in [-0.2, 0) is 24.5 Å². The highest BCUT2D eigenvalue weighted by atomic mass is 35.5. The second-order valence-electron chi connectivity index (χ2n) is 8.64. The third-order valence-corrected chi connectivity index (χ3v) is 6.48. The number of benzene rings is 1. The number of hydrogen-bond acceptors (Lipinski definition) is 8. The standard InChI is InChI=1S/C24H19ClN8O2/c25-15-6-7-18-17(9-15)23-30-29-20(12-34-11-16-3-1-2-8-26-16)32(23)10-19-21(27-13-33(18)19)22-28-24(35-31-22)14-4-5-14/h1-3,6-9,13-14H,4-5,10-12H2. The van der Waals surface area contributed by atoms with Gasteiger partial charge < -0.3 is 13.8 Å². The Morgan fingerprint density at radius 1 is 1.09 bits per heavy atom. The van der Waals surface area contributed by atoms with Crippen molar-refractivity contribution < 1.29 is 9.26 Å². The van der Waals surface area contributed by atoms with Crippen LogP contribution in [0.4, 0.5) is 0 Å². The van der Waals surface area contributed by atoms with Crippen LogP contribution in [0.2, 0.25) is 5.02 Å². The monoisotopic (exact) mass is 486 g/mol. The first-order valence-corrected chi connectivity index (χ1v) is 11.7. The minimum Gasteiger partial charge on any atom is -0.367 e. The van der Waals surface area contributed by atoms with Gasteiger partial charge in [-0.15, -0.1) is 10.2 Å². The molecule has 0 unspecified atom stereocenters. The molecule has 0 bridgehead atoms. The summed E-state index contributed by atoms with van der Waals surface area (Å²) in [6.07, 6.45) is 5.70. The van der Waals surface area contributed by atoms with Crippen LogP contribution >= 0.6 is 11.6 Å². The highest BCUT2D eigenvalue weighted by Gasteiger charge is 2.32. The van der Waals surface area contributed by atoms with E-state index in [-0.39, 0.29) is 6.61 Å². The molecule has 0 spiro atoms. The number of ether oxygens (including phenoxy) is 1. The number of fused-ring (bicyclic) bond motifs is 5. The van der Waals surface area contributed by atoms with E-state index in [1.807, 2.05) is 45.5 Å². The number of nitrogens with zero attached hydrogens (tertiary/aromatic N) is 8. The van der Waals surface area contributed by atoms with Crippen molar-refractivity contribution >= 4 is 11.6 Å². The molecule has 0 amide bonds. The summed E-state index contributed by atoms with van der Waals surface area (Å²) in [6.45, 7) is 1.11. The third kappa shape index (κ3) is 3.62. The highest BCUT2D eigenvalue weighted by Crippen LogP contribution is 2.40. The summed E-state index contributed by atoms with van der Waals surface area (Å²) in [7, 11) is 0. The van der Waals surface area contributed by atoms with Gasteiger partial charge in [-0.05, 0) is 43.2 Å². The van der Waals surface area contributed by atoms with E-state index in [2.05, 4.69) is 30.3 Å². The fraction of sp³-hybridized carbons (Fsp3) is 0.250. The molecule has 0 radical (unpaired) electrons. The molecular formula is C24H19ClN8O2. The van der Waals surface area contributed by atoms with Gasteiger partial charge in [-0.25, -0.2) is 4.98 Å². The lowest BCUT2D eigenvalue weighted by Crippen LogP contribution is -2.10. The van der Waals surface area contributed by atoms with Crippen LogP contribution in [0.15, 0.2) is 53.4 Å². The van der Waals surface area contributed by atoms with E-state index in [4.69, 9.17) is 20.9 Å². The maximum Gasteiger partial charge on any atom is 0.230 e. The topological polar surface area (TPSA) is 110 Å². The zero-order chi connectivity index (χ0) is 23.4. The maximum absolute atomic E-state index is 6.37. The first-order chi connectivity index (χ1) is 17.2. The van der Waals surface area contributed by atoms with Gasteiger partial charge in [-0.3, -0.25) is 9.55 Å². The number of pyridine rings is 1. The van der Waals surface area contributed by atoms with Crippen molar-refractivity contribution in [2.45, 2.75) is 38.5 Å². The van der Waals surface area contributed by atoms with Gasteiger partial charge in [0.25, 0.3) is 0 Å². The number of rotatable bonds is 6. The molecular weight excluding hydrogens is 468 g/mol. The van der Waals surface area contributed by atoms with E-state index in [1.165, 1.54) is 0 Å². The van der Waals surface area contributed by atoms with Crippen LogP contribution in [0.1, 0.15) is 41.9 Å². The molecule has 10 nitrogen and oxygen atoms in total. The summed E-state index contributed by atoms with van der Waals surface area (Å²) < 4.78 is 15.5. The zero-order valence-electron chi connectivity index (χ0n) is 18.5. The molecule has 1 saturated carbocycles. The third-order valence-electron chi connectivity index (χ3n) is 6.25. The van der Waals surface area contributed by atoms with Crippen molar-refractivity contribution in [3.63, 3.8) is 0 Å². The van der Waals surface area contributed by atoms with Crippen molar-refractivity contribution in [2.24, 2.45) is 0 Å². The molecule has 174 valence electrons. The molecule has 1 fully saturated rings. The summed E-state index contributed by atoms with van der Waals surface area (Å²) >= 11 is 6.37. The molecule has 0 N–H and O–H groups in total. The van der Waals surface area contributed by atoms with Crippen LogP contribution < -0.4 is 0 Å². The highest BCUT2D eigenvalue weighted by molar-refractivity contribution is 6.31. The van der Waals surface area contributed by atoms with E-state index in [1.54, 1.807) is 12.5 Å². The lowest BCUT2D eigenvalue weighted by molar-refractivity contribution is 0.0969. The number of halogens is 1. The second kappa shape index (κ2) is 8.10. The van der Waals surface area contributed by atoms with E-state index >= 15 is 0 Å². The molecule has 5 aromatic rings. The van der Waals surface area contributed by atoms with Crippen molar-refractivity contribution in [1.29, 1.82) is 0 Å². The molecule has 4 aromatic heterocycles. The Hall–Kier alpha value is -3.89. The summed E-state index contributed by atoms with van der Waals surface area (Å²) in [5, 5.41) is 13.8. The first kappa shape index (κ1) is 20.5. The molecule has 7 rings (SSSR count). The molecule has 2 aliphatic rings. The number of hydrogen-bond donors (Lipinski definition) is 0. The maximum atomic E-state index is 6.37. The second-order valence-corrected chi connectivity index (χ2v) is 9.08. The molecule has 1 aliphatic carbocycles. The summed E-state index contributed by atoms with van der Waals surface area (Å²) in [6, 6.07) is 11.4. The molecule has 5 heterocycles. The molecule has 35 heavy (non-hydrogen) atoms. The van der Waals surface area contributed by atoms with Gasteiger partial charge in [0, 0.05) is 22.7 Å². The van der Waals surface area contributed by atoms with E-state index in [9.17, 15) is 0 Å². The summed E-state index contributed by atoms with van der Waals surface area (Å²) in [5.74, 6) is 2.93. The smallest absolute Gasteiger partial charge is 0.230 e. The summed E-state index contributed by atoms with van der Waals surface area (Å²) in [5.41, 5.74) is 4.19. The van der Waals surface area contributed by atoms with Crippen molar-refractivity contribution in [2.75, 3.05) is 0 Å². The molecule has 0 atom stereocenters. The summed E-state index contributed by atoms with van der Waals surface area (Å²) in [4.78, 5) is 13.6. The number of imidazole rings is 1. The van der Waals surface area contributed by atoms with Crippen molar-refractivity contribution in [3.05, 3.63) is 77.0 Å². The Balaban J connectivity index is 1.29. The van der Waals surface area contributed by atoms with Gasteiger partial charge >= 0.3 is 0 Å². The van der Waals surface area contributed by atoms with Gasteiger partial charge in [0.1, 0.15) is 18.6 Å². The van der Waals surface area contributed by atoms with Gasteiger partial charge in [0.05, 0.1) is 30.2 Å². The minimum atomic E-state index is 0.275. The first-order valence-electron chi connectivity index (χ1n) is 11.3. The largest absolute Gasteiger partial charge is 0.367 e. The Labute approximate surface area is 204 Å². The van der Waals surface area contributed by atoms with Crippen LogP contribution in [0.3, 0.4) is 0 Å². The van der Waals surface area contributed by atoms with Gasteiger partial charge in [0.2, 0.25) is 11.7 Å². The van der Waals surface area contributed by atoms with E-state index in [0.717, 1.165) is 35.5 Å². The minimum absolute atomic E-state index is 0.275. The molecule has 0 saturated heterocycles. The Bertz CT molecular complexity index is 1540. The molecule has 11 heteroatoms. The van der Waals surface area contributed by atoms with E-state index < -0.39 is 0 Å². The molecule has 1 aliphatic heterocycles. The lowest BCUT2D eigenvalue weighted by Gasteiger charge is -2.09. The van der Waals surface area contributed by atoms with Crippen LogP contribution in [0.5, 0.6) is 0 Å². The molecule has 1 aromatic carbocycles. The SMILES string of the molecule is Clc1ccc2c(c1)-c1nnc(COCc3ccccn3)n1Cc1c(-c3noc(C4CC4)n3)ncn1-2. The normalized spacial score (nSPS) is 14.3. The van der Waals surface area contributed by atoms with Gasteiger partial charge in [-0.2, -0.15) is 4.98 Å². The fourth-order valence-corrected chi connectivity index (χ4v) is 4.50. The predicted octanol–water partition coefficient (Wildman–Crippen LogP) is 4.19.